The van der Waals surface area contributed by atoms with Crippen LogP contribution < -0.4 is 9.47 Å². The number of amides is 1. The van der Waals surface area contributed by atoms with E-state index in [4.69, 9.17) is 9.47 Å². The molecule has 0 spiro atoms. The highest BCUT2D eigenvalue weighted by atomic mass is 79.9. The Morgan fingerprint density at radius 1 is 1.19 bits per heavy atom. The number of aromatic nitrogens is 2. The Kier molecular flexibility index (Phi) is 8.17. The molecule has 2 N–H and O–H groups in total. The molecule has 1 atom stereocenters. The summed E-state index contributed by atoms with van der Waals surface area (Å²) in [6, 6.07) is 9.07. The average Bonchev–Trinajstić information content (AvgIpc) is 3.51. The van der Waals surface area contributed by atoms with Crippen LogP contribution in [0, 0.1) is 0 Å². The van der Waals surface area contributed by atoms with Crippen molar-refractivity contribution in [3.63, 3.8) is 0 Å². The number of carbonyl (C=O) groups is 2. The van der Waals surface area contributed by atoms with Gasteiger partial charge in [-0.2, -0.15) is 0 Å². The van der Waals surface area contributed by atoms with Crippen molar-refractivity contribution < 1.29 is 29.3 Å². The van der Waals surface area contributed by atoms with Gasteiger partial charge >= 0.3 is 0 Å². The minimum absolute atomic E-state index is 0.0417. The van der Waals surface area contributed by atoms with Crippen LogP contribution in [0.15, 0.2) is 65.2 Å². The van der Waals surface area contributed by atoms with Crippen molar-refractivity contribution in [3.05, 3.63) is 76.3 Å². The lowest BCUT2D eigenvalue weighted by Gasteiger charge is -2.26. The van der Waals surface area contributed by atoms with Crippen molar-refractivity contribution in [2.45, 2.75) is 32.4 Å². The summed E-state index contributed by atoms with van der Waals surface area (Å²) in [5.74, 6) is -1.18. The summed E-state index contributed by atoms with van der Waals surface area (Å²) in [5.41, 5.74) is 0.822. The molecule has 9 nitrogen and oxygen atoms in total. The van der Waals surface area contributed by atoms with E-state index in [1.807, 2.05) is 17.7 Å². The molecule has 194 valence electrons. The number of ketones is 1. The van der Waals surface area contributed by atoms with Gasteiger partial charge in [0, 0.05) is 31.0 Å². The number of aromatic hydroxyl groups is 1. The first-order valence-corrected chi connectivity index (χ1v) is 12.7. The number of phenolic OH excluding ortho intramolecular Hbond substituents is 1. The van der Waals surface area contributed by atoms with Gasteiger partial charge in [-0.1, -0.05) is 19.1 Å². The van der Waals surface area contributed by atoms with Crippen LogP contribution in [0.4, 0.5) is 0 Å². The molecular weight excluding hydrogens is 542 g/mol. The van der Waals surface area contributed by atoms with Gasteiger partial charge in [0.2, 0.25) is 0 Å². The Labute approximate surface area is 223 Å². The first-order valence-electron chi connectivity index (χ1n) is 11.9. The highest BCUT2D eigenvalue weighted by Gasteiger charge is 2.46. The topological polar surface area (TPSA) is 114 Å². The number of likely N-dealkylation sites (tertiary alicyclic amines) is 1. The molecule has 3 aromatic rings. The fourth-order valence-electron chi connectivity index (χ4n) is 4.32. The van der Waals surface area contributed by atoms with E-state index in [0.717, 1.165) is 6.42 Å². The van der Waals surface area contributed by atoms with Gasteiger partial charge in [-0.15, -0.1) is 0 Å². The number of ether oxygens (including phenoxy) is 2. The van der Waals surface area contributed by atoms with Gasteiger partial charge in [0.1, 0.15) is 11.5 Å². The number of hydrogen-bond donors (Lipinski definition) is 2. The van der Waals surface area contributed by atoms with Gasteiger partial charge in [0.25, 0.3) is 11.7 Å². The Balaban J connectivity index is 1.79. The standard InChI is InChI=1S/C27H28BrN3O6/c1-3-12-37-19-7-4-6-17(13-19)24(32)22-23(18-14-20(28)25(33)21(15-18)36-2)31(27(35)26(22)34)10-5-9-30-11-8-29-16-30/h4,6-8,11,13-16,23,32-33H,3,5,9-10,12H2,1-2H3/b24-22+. The molecule has 1 saturated heterocycles. The van der Waals surface area contributed by atoms with E-state index in [1.54, 1.807) is 48.9 Å². The van der Waals surface area contributed by atoms with Crippen molar-refractivity contribution in [1.82, 2.24) is 14.5 Å². The Hall–Kier alpha value is -3.79. The number of benzene rings is 2. The first kappa shape index (κ1) is 26.3. The molecule has 4 rings (SSSR count). The maximum atomic E-state index is 13.3. The average molecular weight is 570 g/mol. The third-order valence-corrected chi connectivity index (χ3v) is 6.69. The molecule has 2 heterocycles. The van der Waals surface area contributed by atoms with Crippen molar-refractivity contribution in [1.29, 1.82) is 0 Å². The number of carbonyl (C=O) groups excluding carboxylic acids is 2. The second-order valence-electron chi connectivity index (χ2n) is 8.58. The number of halogens is 1. The lowest BCUT2D eigenvalue weighted by molar-refractivity contribution is -0.139. The fraction of sp³-hybridized carbons (Fsp3) is 0.296. The van der Waals surface area contributed by atoms with Crippen molar-refractivity contribution in [3.8, 4) is 17.2 Å². The molecule has 1 amide bonds. The molecule has 1 aromatic heterocycles. The number of Topliss-reactive ketones (excluding diaryl/α,β-unsaturated/α-hetero) is 1. The minimum atomic E-state index is -0.895. The normalized spacial score (nSPS) is 16.8. The maximum Gasteiger partial charge on any atom is 0.295 e. The summed E-state index contributed by atoms with van der Waals surface area (Å²) in [6.45, 7) is 3.34. The molecule has 2 aromatic carbocycles. The van der Waals surface area contributed by atoms with E-state index in [9.17, 15) is 19.8 Å². The smallest absolute Gasteiger partial charge is 0.295 e. The molecule has 37 heavy (non-hydrogen) atoms. The van der Waals surface area contributed by atoms with E-state index in [-0.39, 0.29) is 29.4 Å². The minimum Gasteiger partial charge on any atom is -0.507 e. The number of phenols is 1. The van der Waals surface area contributed by atoms with Crippen molar-refractivity contribution in [2.75, 3.05) is 20.3 Å². The molecular formula is C27H28BrN3O6. The predicted octanol–water partition coefficient (Wildman–Crippen LogP) is 4.66. The van der Waals surface area contributed by atoms with Gasteiger partial charge in [0.05, 0.1) is 36.1 Å². The van der Waals surface area contributed by atoms with Crippen LogP contribution in [0.3, 0.4) is 0 Å². The molecule has 1 unspecified atom stereocenters. The first-order chi connectivity index (χ1) is 17.8. The number of rotatable bonds is 10. The van der Waals surface area contributed by atoms with Crippen LogP contribution in [-0.4, -0.2) is 56.6 Å². The van der Waals surface area contributed by atoms with E-state index in [0.29, 0.717) is 40.9 Å². The quantitative estimate of drug-likeness (QED) is 0.207. The molecule has 0 radical (unpaired) electrons. The van der Waals surface area contributed by atoms with Crippen LogP contribution in [0.2, 0.25) is 0 Å². The highest BCUT2D eigenvalue weighted by molar-refractivity contribution is 9.10. The van der Waals surface area contributed by atoms with Crippen LogP contribution in [0.25, 0.3) is 5.76 Å². The summed E-state index contributed by atoms with van der Waals surface area (Å²) < 4.78 is 13.2. The van der Waals surface area contributed by atoms with Crippen LogP contribution >= 0.6 is 15.9 Å². The molecule has 0 aliphatic carbocycles. The van der Waals surface area contributed by atoms with Crippen molar-refractivity contribution >= 4 is 33.4 Å². The Bertz CT molecular complexity index is 1320. The number of aliphatic hydroxyl groups excluding tert-OH is 1. The lowest BCUT2D eigenvalue weighted by atomic mass is 9.95. The van der Waals surface area contributed by atoms with Crippen LogP contribution in [0.1, 0.15) is 36.9 Å². The summed E-state index contributed by atoms with van der Waals surface area (Å²) in [4.78, 5) is 32.0. The Morgan fingerprint density at radius 3 is 2.70 bits per heavy atom. The van der Waals surface area contributed by atoms with E-state index < -0.39 is 17.7 Å². The monoisotopic (exact) mass is 569 g/mol. The Morgan fingerprint density at radius 2 is 2.00 bits per heavy atom. The van der Waals surface area contributed by atoms with E-state index in [2.05, 4.69) is 20.9 Å². The number of aryl methyl sites for hydroxylation is 1. The molecule has 1 fully saturated rings. The van der Waals surface area contributed by atoms with Gasteiger partial charge in [-0.25, -0.2) is 4.98 Å². The molecule has 1 aliphatic rings. The van der Waals surface area contributed by atoms with Crippen LogP contribution in [-0.2, 0) is 16.1 Å². The summed E-state index contributed by atoms with van der Waals surface area (Å²) >= 11 is 3.33. The fourth-order valence-corrected chi connectivity index (χ4v) is 4.78. The third kappa shape index (κ3) is 5.48. The van der Waals surface area contributed by atoms with Crippen molar-refractivity contribution in [2.24, 2.45) is 0 Å². The van der Waals surface area contributed by atoms with Gasteiger partial charge in [0.15, 0.2) is 11.5 Å². The second kappa shape index (κ2) is 11.5. The zero-order chi connectivity index (χ0) is 26.5. The van der Waals surface area contributed by atoms with Gasteiger partial charge in [-0.05, 0) is 58.6 Å². The number of imidazole rings is 1. The highest BCUT2D eigenvalue weighted by Crippen LogP contribution is 2.44. The summed E-state index contributed by atoms with van der Waals surface area (Å²) in [7, 11) is 1.41. The van der Waals surface area contributed by atoms with Gasteiger partial charge in [-0.3, -0.25) is 9.59 Å². The molecule has 1 aliphatic heterocycles. The number of nitrogens with zero attached hydrogens (tertiary/aromatic N) is 3. The molecule has 0 saturated carbocycles. The molecule has 0 bridgehead atoms. The summed E-state index contributed by atoms with van der Waals surface area (Å²) in [6.07, 6.45) is 6.54. The third-order valence-electron chi connectivity index (χ3n) is 6.08. The predicted molar refractivity (Wildman–Crippen MR) is 140 cm³/mol. The zero-order valence-electron chi connectivity index (χ0n) is 20.6. The van der Waals surface area contributed by atoms with E-state index >= 15 is 0 Å². The number of aliphatic hydroxyl groups is 1. The zero-order valence-corrected chi connectivity index (χ0v) is 22.1. The largest absolute Gasteiger partial charge is 0.507 e. The molecule has 10 heteroatoms. The number of methoxy groups -OCH3 is 1. The SMILES string of the molecule is CCCOc1cccc(/C(O)=C2\C(=O)C(=O)N(CCCn3ccnc3)C2c2cc(Br)c(O)c(OC)c2)c1. The number of hydrogen-bond acceptors (Lipinski definition) is 7. The van der Waals surface area contributed by atoms with Gasteiger partial charge < -0.3 is 29.2 Å². The maximum absolute atomic E-state index is 13.3. The summed E-state index contributed by atoms with van der Waals surface area (Å²) in [5, 5.41) is 21.7. The van der Waals surface area contributed by atoms with E-state index in [1.165, 1.54) is 12.0 Å². The van der Waals surface area contributed by atoms with Crippen LogP contribution in [0.5, 0.6) is 17.2 Å². The lowest BCUT2D eigenvalue weighted by Crippen LogP contribution is -2.31. The second-order valence-corrected chi connectivity index (χ2v) is 9.43.